The van der Waals surface area contributed by atoms with E-state index in [0.717, 1.165) is 29.6 Å². The number of H-pyrrole nitrogens is 1. The van der Waals surface area contributed by atoms with Crippen LogP contribution in [-0.2, 0) is 0 Å². The number of aromatic amines is 1. The second-order valence-corrected chi connectivity index (χ2v) is 5.16. The lowest BCUT2D eigenvalue weighted by Crippen LogP contribution is -2.30. The summed E-state index contributed by atoms with van der Waals surface area (Å²) in [6.45, 7) is 3.09. The Morgan fingerprint density at radius 3 is 2.95 bits per heavy atom. The smallest absolute Gasteiger partial charge is 0.156 e. The molecule has 19 heavy (non-hydrogen) atoms. The van der Waals surface area contributed by atoms with Gasteiger partial charge in [0.15, 0.2) is 5.82 Å². The molecule has 0 unspecified atom stereocenters. The van der Waals surface area contributed by atoms with Gasteiger partial charge in [0.2, 0.25) is 0 Å². The molecule has 5 nitrogen and oxygen atoms in total. The van der Waals surface area contributed by atoms with Crippen molar-refractivity contribution in [1.29, 1.82) is 0 Å². The van der Waals surface area contributed by atoms with Crippen molar-refractivity contribution < 1.29 is 0 Å². The number of nitrogens with one attached hydrogen (secondary N) is 1. The van der Waals surface area contributed by atoms with Crippen LogP contribution in [-0.4, -0.2) is 38.4 Å². The second kappa shape index (κ2) is 5.09. The van der Waals surface area contributed by atoms with E-state index < -0.39 is 0 Å². The van der Waals surface area contributed by atoms with Crippen LogP contribution in [0.2, 0.25) is 0 Å². The highest BCUT2D eigenvalue weighted by molar-refractivity contribution is 5.49. The molecule has 2 aromatic heterocycles. The first-order valence-corrected chi connectivity index (χ1v) is 6.79. The Balaban J connectivity index is 1.97. The van der Waals surface area contributed by atoms with Gasteiger partial charge in [-0.05, 0) is 39.4 Å². The summed E-state index contributed by atoms with van der Waals surface area (Å²) in [6, 6.07) is 2.47. The summed E-state index contributed by atoms with van der Waals surface area (Å²) >= 11 is 0. The van der Waals surface area contributed by atoms with Crippen LogP contribution in [0, 0.1) is 6.92 Å². The number of hydrogen-bond acceptors (Lipinski definition) is 4. The Morgan fingerprint density at radius 1 is 1.32 bits per heavy atom. The van der Waals surface area contributed by atoms with Gasteiger partial charge in [0, 0.05) is 12.4 Å². The zero-order chi connectivity index (χ0) is 13.2. The fourth-order valence-electron chi connectivity index (χ4n) is 2.74. The molecule has 0 radical (unpaired) electrons. The average molecular weight is 257 g/mol. The van der Waals surface area contributed by atoms with Crippen molar-refractivity contribution in [2.24, 2.45) is 0 Å². The zero-order valence-corrected chi connectivity index (χ0v) is 11.4. The van der Waals surface area contributed by atoms with Crippen molar-refractivity contribution >= 4 is 0 Å². The first-order valence-electron chi connectivity index (χ1n) is 6.79. The molecule has 0 aromatic carbocycles. The Hall–Kier alpha value is -1.75. The molecular weight excluding hydrogens is 238 g/mol. The minimum Gasteiger partial charge on any atom is -0.343 e. The van der Waals surface area contributed by atoms with Crippen LogP contribution in [0.3, 0.4) is 0 Å². The highest BCUT2D eigenvalue weighted by Gasteiger charge is 2.23. The van der Waals surface area contributed by atoms with Gasteiger partial charge < -0.3 is 4.98 Å². The number of nitrogens with zero attached hydrogens (tertiary/aromatic N) is 4. The third-order valence-electron chi connectivity index (χ3n) is 3.71. The molecule has 1 aliphatic rings. The minimum absolute atomic E-state index is 0.407. The van der Waals surface area contributed by atoms with Crippen LogP contribution in [0.4, 0.5) is 0 Å². The summed E-state index contributed by atoms with van der Waals surface area (Å²) in [5.74, 6) is 1.62. The molecule has 0 amide bonds. The monoisotopic (exact) mass is 257 g/mol. The van der Waals surface area contributed by atoms with Crippen LogP contribution in [0.15, 0.2) is 18.5 Å². The van der Waals surface area contributed by atoms with Gasteiger partial charge in [-0.25, -0.2) is 15.0 Å². The molecule has 0 saturated carbocycles. The van der Waals surface area contributed by atoms with Crippen molar-refractivity contribution in [1.82, 2.24) is 24.8 Å². The summed E-state index contributed by atoms with van der Waals surface area (Å²) in [6.07, 6.45) is 7.29. The molecule has 2 aromatic rings. The molecular formula is C14H19N5. The summed E-state index contributed by atoms with van der Waals surface area (Å²) in [5, 5.41) is 0. The Labute approximate surface area is 113 Å². The molecule has 3 rings (SSSR count). The fraction of sp³-hybridized carbons (Fsp3) is 0.500. The molecule has 5 heteroatoms. The Bertz CT molecular complexity index is 549. The molecule has 0 bridgehead atoms. The Kier molecular flexibility index (Phi) is 3.29. The number of likely N-dealkylation sites (tertiary alicyclic amines) is 1. The van der Waals surface area contributed by atoms with Crippen molar-refractivity contribution in [3.05, 3.63) is 30.0 Å². The SMILES string of the molecule is Cc1nc(-c2ncc[nH]2)cc([C@@H]2CCCCN2C)n1. The van der Waals surface area contributed by atoms with E-state index in [9.17, 15) is 0 Å². The molecule has 100 valence electrons. The van der Waals surface area contributed by atoms with Crippen molar-refractivity contribution in [2.45, 2.75) is 32.2 Å². The van der Waals surface area contributed by atoms with Gasteiger partial charge in [0.1, 0.15) is 11.5 Å². The number of piperidine rings is 1. The molecule has 1 aliphatic heterocycles. The lowest BCUT2D eigenvalue weighted by atomic mass is 9.99. The molecule has 1 saturated heterocycles. The third kappa shape index (κ3) is 2.51. The predicted molar refractivity (Wildman–Crippen MR) is 73.6 cm³/mol. The van der Waals surface area contributed by atoms with E-state index in [1.165, 1.54) is 19.3 Å². The number of aromatic nitrogens is 4. The first kappa shape index (κ1) is 12.3. The summed E-state index contributed by atoms with van der Waals surface area (Å²) in [5.41, 5.74) is 1.99. The molecule has 1 N–H and O–H groups in total. The average Bonchev–Trinajstić information content (AvgIpc) is 2.92. The van der Waals surface area contributed by atoms with Gasteiger partial charge in [0.05, 0.1) is 11.7 Å². The molecule has 1 fully saturated rings. The van der Waals surface area contributed by atoms with E-state index in [-0.39, 0.29) is 0 Å². The fourth-order valence-corrected chi connectivity index (χ4v) is 2.74. The standard InChI is InChI=1S/C14H19N5/c1-10-17-11(13-5-3-4-8-19(13)2)9-12(18-10)14-15-6-7-16-14/h6-7,9,13H,3-5,8H2,1-2H3,(H,15,16)/t13-/m0/s1. The maximum atomic E-state index is 4.62. The van der Waals surface area contributed by atoms with Gasteiger partial charge in [-0.1, -0.05) is 6.42 Å². The minimum atomic E-state index is 0.407. The largest absolute Gasteiger partial charge is 0.343 e. The van der Waals surface area contributed by atoms with Gasteiger partial charge in [-0.2, -0.15) is 0 Å². The van der Waals surface area contributed by atoms with E-state index in [1.54, 1.807) is 6.20 Å². The van der Waals surface area contributed by atoms with E-state index in [0.29, 0.717) is 6.04 Å². The first-order chi connectivity index (χ1) is 9.24. The number of imidazole rings is 1. The van der Waals surface area contributed by atoms with Crippen molar-refractivity contribution in [3.63, 3.8) is 0 Å². The van der Waals surface area contributed by atoms with Crippen molar-refractivity contribution in [2.75, 3.05) is 13.6 Å². The van der Waals surface area contributed by atoms with Crippen molar-refractivity contribution in [3.8, 4) is 11.5 Å². The zero-order valence-electron chi connectivity index (χ0n) is 11.4. The van der Waals surface area contributed by atoms with E-state index >= 15 is 0 Å². The van der Waals surface area contributed by atoms with Gasteiger partial charge in [0.25, 0.3) is 0 Å². The normalized spacial score (nSPS) is 20.6. The lowest BCUT2D eigenvalue weighted by molar-refractivity contribution is 0.183. The molecule has 1 atom stereocenters. The summed E-state index contributed by atoms with van der Waals surface area (Å²) in [7, 11) is 2.17. The number of aryl methyl sites for hydroxylation is 1. The van der Waals surface area contributed by atoms with Crippen LogP contribution in [0.1, 0.15) is 36.8 Å². The topological polar surface area (TPSA) is 57.7 Å². The lowest BCUT2D eigenvalue weighted by Gasteiger charge is -2.32. The molecule has 0 aliphatic carbocycles. The third-order valence-corrected chi connectivity index (χ3v) is 3.71. The van der Waals surface area contributed by atoms with E-state index in [2.05, 4.69) is 37.9 Å². The van der Waals surface area contributed by atoms with Crippen LogP contribution in [0.25, 0.3) is 11.5 Å². The van der Waals surface area contributed by atoms with Gasteiger partial charge in [-0.15, -0.1) is 0 Å². The summed E-state index contributed by atoms with van der Waals surface area (Å²) in [4.78, 5) is 18.9. The summed E-state index contributed by atoms with van der Waals surface area (Å²) < 4.78 is 0. The molecule has 3 heterocycles. The van der Waals surface area contributed by atoms with Crippen LogP contribution < -0.4 is 0 Å². The van der Waals surface area contributed by atoms with Crippen LogP contribution >= 0.6 is 0 Å². The van der Waals surface area contributed by atoms with Crippen LogP contribution in [0.5, 0.6) is 0 Å². The molecule has 0 spiro atoms. The number of rotatable bonds is 2. The number of hydrogen-bond donors (Lipinski definition) is 1. The van der Waals surface area contributed by atoms with Gasteiger partial charge >= 0.3 is 0 Å². The predicted octanol–water partition coefficient (Wildman–Crippen LogP) is 2.33. The Morgan fingerprint density at radius 2 is 2.21 bits per heavy atom. The highest BCUT2D eigenvalue weighted by atomic mass is 15.1. The van der Waals surface area contributed by atoms with Gasteiger partial charge in [-0.3, -0.25) is 4.90 Å². The second-order valence-electron chi connectivity index (χ2n) is 5.16. The van der Waals surface area contributed by atoms with E-state index in [1.807, 2.05) is 13.1 Å². The maximum Gasteiger partial charge on any atom is 0.156 e. The van der Waals surface area contributed by atoms with E-state index in [4.69, 9.17) is 0 Å². The quantitative estimate of drug-likeness (QED) is 0.897. The maximum absolute atomic E-state index is 4.62. The highest BCUT2D eigenvalue weighted by Crippen LogP contribution is 2.29.